The third kappa shape index (κ3) is 7.51. The summed E-state index contributed by atoms with van der Waals surface area (Å²) in [7, 11) is 0. The molecule has 13 aromatic rings. The highest BCUT2D eigenvalue weighted by Gasteiger charge is 2.46. The highest BCUT2D eigenvalue weighted by atomic mass is 16.5. The highest BCUT2D eigenvalue weighted by molar-refractivity contribution is 6.10. The van der Waals surface area contributed by atoms with Crippen LogP contribution in [0, 0.1) is 0 Å². The van der Waals surface area contributed by atoms with Crippen LogP contribution in [0.2, 0.25) is 0 Å². The van der Waals surface area contributed by atoms with Crippen molar-refractivity contribution >= 4 is 55.7 Å². The zero-order valence-electron chi connectivity index (χ0n) is 41.7. The van der Waals surface area contributed by atoms with E-state index in [0.29, 0.717) is 0 Å². The molecular formula is C73H50N2O. The van der Waals surface area contributed by atoms with E-state index >= 15 is 0 Å². The molecule has 358 valence electrons. The van der Waals surface area contributed by atoms with Gasteiger partial charge >= 0.3 is 0 Å². The van der Waals surface area contributed by atoms with Crippen LogP contribution in [0.5, 0.6) is 11.5 Å². The summed E-state index contributed by atoms with van der Waals surface area (Å²) >= 11 is 0. The van der Waals surface area contributed by atoms with Gasteiger partial charge in [-0.1, -0.05) is 201 Å². The Morgan fingerprint density at radius 1 is 0.368 bits per heavy atom. The van der Waals surface area contributed by atoms with Gasteiger partial charge in [0.25, 0.3) is 0 Å². The van der Waals surface area contributed by atoms with Crippen molar-refractivity contribution in [3.05, 3.63) is 320 Å². The van der Waals surface area contributed by atoms with Gasteiger partial charge in [0.2, 0.25) is 0 Å². The summed E-state index contributed by atoms with van der Waals surface area (Å²) in [5.74, 6) is 1.56. The molecule has 0 bridgehead atoms. The maximum Gasteiger partial charge on any atom is 0.127 e. The summed E-state index contributed by atoms with van der Waals surface area (Å²) in [5, 5.41) is 4.84. The van der Waals surface area contributed by atoms with E-state index in [1.807, 2.05) is 30.3 Å². The van der Waals surface area contributed by atoms with E-state index in [1.54, 1.807) is 0 Å². The molecule has 1 aliphatic carbocycles. The standard InChI is InChI=1S/C73H50N2O/c1-2-50-26-40-63(41-27-50)76-64-42-34-58(35-43-64)73(57-18-8-4-9-19-57)69-24-14-12-22-65(69)66-44-39-62(49-70(66)73)74(60-36-30-52(31-37-60)51-16-6-3-7-17-51)61-38-32-54-46-53(28-29-55(54)47-61)56-33-45-72-68(48-56)67-23-13-15-25-71(67)75(72)59-20-10-5-11-21-59/h2-49H,1H2. The van der Waals surface area contributed by atoms with Crippen LogP contribution < -0.4 is 9.64 Å². The summed E-state index contributed by atoms with van der Waals surface area (Å²) in [6.07, 6.45) is 1.84. The first-order valence-corrected chi connectivity index (χ1v) is 26.0. The van der Waals surface area contributed by atoms with Gasteiger partial charge in [0, 0.05) is 33.5 Å². The van der Waals surface area contributed by atoms with Crippen LogP contribution in [0.1, 0.15) is 27.8 Å². The van der Waals surface area contributed by atoms with Crippen molar-refractivity contribution in [3.8, 4) is 50.6 Å². The first kappa shape index (κ1) is 44.7. The zero-order valence-corrected chi connectivity index (χ0v) is 41.7. The SMILES string of the molecule is C=Cc1ccc(Oc2ccc(C3(c4ccccc4)c4ccccc4-c4ccc(N(c5ccc(-c6ccccc6)cc5)c5ccc6cc(-c7ccc8c(c7)c7ccccc7n8-c7ccccc7)ccc6c5)cc43)cc2)cc1. The monoisotopic (exact) mass is 970 g/mol. The fraction of sp³-hybridized carbons (Fsp3) is 0.0137. The molecule has 1 heterocycles. The number of aromatic nitrogens is 1. The number of para-hydroxylation sites is 2. The molecule has 0 N–H and O–H groups in total. The molecule has 0 saturated heterocycles. The molecule has 76 heavy (non-hydrogen) atoms. The van der Waals surface area contributed by atoms with Crippen molar-refractivity contribution in [2.75, 3.05) is 4.90 Å². The Morgan fingerprint density at radius 3 is 1.68 bits per heavy atom. The lowest BCUT2D eigenvalue weighted by atomic mass is 9.67. The van der Waals surface area contributed by atoms with Crippen LogP contribution in [0.25, 0.3) is 77.7 Å². The molecule has 1 atom stereocenters. The van der Waals surface area contributed by atoms with Crippen LogP contribution in [-0.2, 0) is 5.41 Å². The van der Waals surface area contributed by atoms with Gasteiger partial charge in [0.1, 0.15) is 11.5 Å². The van der Waals surface area contributed by atoms with Gasteiger partial charge in [0.05, 0.1) is 16.4 Å². The summed E-state index contributed by atoms with van der Waals surface area (Å²) in [6.45, 7) is 3.91. The van der Waals surface area contributed by atoms with E-state index in [1.165, 1.54) is 82.6 Å². The molecule has 12 aromatic carbocycles. The number of benzene rings is 12. The van der Waals surface area contributed by atoms with Gasteiger partial charge < -0.3 is 14.2 Å². The van der Waals surface area contributed by atoms with E-state index in [4.69, 9.17) is 4.74 Å². The third-order valence-electron chi connectivity index (χ3n) is 15.5. The average molecular weight is 971 g/mol. The number of hydrogen-bond donors (Lipinski definition) is 0. The Labute approximate surface area is 443 Å². The summed E-state index contributed by atoms with van der Waals surface area (Å²) < 4.78 is 8.79. The van der Waals surface area contributed by atoms with Crippen molar-refractivity contribution in [1.29, 1.82) is 0 Å². The largest absolute Gasteiger partial charge is 0.457 e. The average Bonchev–Trinajstić information content (AvgIpc) is 4.02. The van der Waals surface area contributed by atoms with Crippen LogP contribution in [0.15, 0.2) is 292 Å². The summed E-state index contributed by atoms with van der Waals surface area (Å²) in [4.78, 5) is 2.42. The Bertz CT molecular complexity index is 4290. The van der Waals surface area contributed by atoms with Crippen molar-refractivity contribution in [2.24, 2.45) is 0 Å². The lowest BCUT2D eigenvalue weighted by molar-refractivity contribution is 0.482. The fourth-order valence-electron chi connectivity index (χ4n) is 11.9. The summed E-state index contributed by atoms with van der Waals surface area (Å²) in [6, 6.07) is 103. The Morgan fingerprint density at radius 2 is 0.908 bits per heavy atom. The van der Waals surface area contributed by atoms with Gasteiger partial charge in [-0.05, 0) is 169 Å². The predicted molar refractivity (Wildman–Crippen MR) is 318 cm³/mol. The molecule has 14 rings (SSSR count). The number of nitrogens with zero attached hydrogens (tertiary/aromatic N) is 2. The topological polar surface area (TPSA) is 17.4 Å². The van der Waals surface area contributed by atoms with E-state index in [-0.39, 0.29) is 0 Å². The van der Waals surface area contributed by atoms with Gasteiger partial charge in [0.15, 0.2) is 0 Å². The minimum absolute atomic E-state index is 0.630. The molecule has 1 aliphatic rings. The maximum absolute atomic E-state index is 6.42. The molecule has 0 fully saturated rings. The molecule has 0 aliphatic heterocycles. The molecule has 0 amide bonds. The van der Waals surface area contributed by atoms with Crippen LogP contribution in [-0.4, -0.2) is 4.57 Å². The molecule has 0 radical (unpaired) electrons. The predicted octanol–water partition coefficient (Wildman–Crippen LogP) is 19.5. The normalized spacial score (nSPS) is 13.6. The minimum Gasteiger partial charge on any atom is -0.457 e. The quantitative estimate of drug-likeness (QED) is 0.129. The maximum atomic E-state index is 6.42. The molecule has 1 unspecified atom stereocenters. The molecule has 0 saturated carbocycles. The highest BCUT2D eigenvalue weighted by Crippen LogP contribution is 2.57. The second-order valence-electron chi connectivity index (χ2n) is 19.7. The lowest BCUT2D eigenvalue weighted by Crippen LogP contribution is -2.28. The second kappa shape index (κ2) is 18.5. The van der Waals surface area contributed by atoms with Crippen LogP contribution in [0.4, 0.5) is 17.1 Å². The molecule has 0 spiro atoms. The second-order valence-corrected chi connectivity index (χ2v) is 19.7. The van der Waals surface area contributed by atoms with E-state index in [2.05, 4.69) is 277 Å². The number of hydrogen-bond acceptors (Lipinski definition) is 2. The van der Waals surface area contributed by atoms with Crippen molar-refractivity contribution in [3.63, 3.8) is 0 Å². The number of anilines is 3. The van der Waals surface area contributed by atoms with Crippen LogP contribution in [0.3, 0.4) is 0 Å². The molecule has 1 aromatic heterocycles. The minimum atomic E-state index is -0.630. The van der Waals surface area contributed by atoms with E-state index in [0.717, 1.165) is 45.4 Å². The van der Waals surface area contributed by atoms with Crippen molar-refractivity contribution in [1.82, 2.24) is 4.57 Å². The number of rotatable bonds is 11. The van der Waals surface area contributed by atoms with E-state index < -0.39 is 5.41 Å². The lowest BCUT2D eigenvalue weighted by Gasteiger charge is -2.35. The van der Waals surface area contributed by atoms with E-state index in [9.17, 15) is 0 Å². The fourth-order valence-corrected chi connectivity index (χ4v) is 11.9. The molecule has 3 heteroatoms. The molecular weight excluding hydrogens is 921 g/mol. The number of ether oxygens (including phenoxy) is 1. The van der Waals surface area contributed by atoms with Crippen molar-refractivity contribution in [2.45, 2.75) is 5.41 Å². The Kier molecular flexibility index (Phi) is 10.9. The van der Waals surface area contributed by atoms with Gasteiger partial charge in [-0.25, -0.2) is 0 Å². The van der Waals surface area contributed by atoms with Gasteiger partial charge in [-0.3, -0.25) is 0 Å². The van der Waals surface area contributed by atoms with Gasteiger partial charge in [-0.15, -0.1) is 0 Å². The first-order chi connectivity index (χ1) is 37.6. The zero-order chi connectivity index (χ0) is 50.6. The Hall–Kier alpha value is -9.96. The first-order valence-electron chi connectivity index (χ1n) is 26.0. The number of fused-ring (bicyclic) bond motifs is 7. The van der Waals surface area contributed by atoms with Crippen LogP contribution >= 0.6 is 0 Å². The smallest absolute Gasteiger partial charge is 0.127 e. The van der Waals surface area contributed by atoms with Crippen molar-refractivity contribution < 1.29 is 4.74 Å². The van der Waals surface area contributed by atoms with Gasteiger partial charge in [-0.2, -0.15) is 0 Å². The summed E-state index contributed by atoms with van der Waals surface area (Å²) in [5.41, 5.74) is 19.2. The molecule has 3 nitrogen and oxygen atoms in total. The third-order valence-corrected chi connectivity index (χ3v) is 15.5. The Balaban J connectivity index is 0.896.